The van der Waals surface area contributed by atoms with Crippen molar-refractivity contribution in [2.24, 2.45) is 0 Å². The summed E-state index contributed by atoms with van der Waals surface area (Å²) in [6.45, 7) is 3.56. The van der Waals surface area contributed by atoms with Gasteiger partial charge in [-0.05, 0) is 26.0 Å². The molecule has 6 nitrogen and oxygen atoms in total. The van der Waals surface area contributed by atoms with Gasteiger partial charge in [0.2, 0.25) is 0 Å². The van der Waals surface area contributed by atoms with E-state index in [4.69, 9.17) is 14.6 Å². The molecule has 1 aromatic carbocycles. The first-order valence-electron chi connectivity index (χ1n) is 5.61. The number of carbonyl (C=O) groups excluding carboxylic acids is 1. The first kappa shape index (κ1) is 14.8. The molecule has 19 heavy (non-hydrogen) atoms. The van der Waals surface area contributed by atoms with Crippen molar-refractivity contribution >= 4 is 11.9 Å². The topological polar surface area (TPSA) is 82.1 Å². The molecule has 1 rings (SSSR count). The molecule has 0 aromatic heterocycles. The quantitative estimate of drug-likeness (QED) is 0.822. The number of ether oxygens (including phenoxy) is 3. The van der Waals surface area contributed by atoms with Crippen molar-refractivity contribution in [1.82, 2.24) is 0 Å². The van der Waals surface area contributed by atoms with Gasteiger partial charge >= 0.3 is 11.9 Å². The number of carbonyl (C=O) groups is 2. The second-order valence-corrected chi connectivity index (χ2v) is 4.02. The SMILES string of the molecule is COC(=O)c1cc(OC(C)C)c(OC)c(C(=O)O)c1. The molecular weight excluding hydrogens is 252 g/mol. The van der Waals surface area contributed by atoms with Gasteiger partial charge in [0, 0.05) is 0 Å². The van der Waals surface area contributed by atoms with E-state index in [1.165, 1.54) is 26.4 Å². The Hall–Kier alpha value is -2.24. The summed E-state index contributed by atoms with van der Waals surface area (Å²) in [5.41, 5.74) is -0.0580. The molecule has 0 saturated carbocycles. The molecule has 0 radical (unpaired) electrons. The molecule has 0 bridgehead atoms. The number of aromatic carboxylic acids is 1. The van der Waals surface area contributed by atoms with Gasteiger partial charge < -0.3 is 19.3 Å². The highest BCUT2D eigenvalue weighted by atomic mass is 16.5. The number of hydrogen-bond acceptors (Lipinski definition) is 5. The standard InChI is InChI=1S/C13H16O6/c1-7(2)19-10-6-8(13(16)18-4)5-9(12(14)15)11(10)17-3/h5-7H,1-4H3,(H,14,15). The van der Waals surface area contributed by atoms with Crippen molar-refractivity contribution < 1.29 is 28.9 Å². The molecule has 0 unspecified atom stereocenters. The minimum atomic E-state index is -1.21. The lowest BCUT2D eigenvalue weighted by atomic mass is 10.1. The lowest BCUT2D eigenvalue weighted by Gasteiger charge is -2.16. The van der Waals surface area contributed by atoms with Crippen LogP contribution >= 0.6 is 0 Å². The third-order valence-corrected chi connectivity index (χ3v) is 2.27. The minimum Gasteiger partial charge on any atom is -0.492 e. The number of carboxylic acid groups (broad SMARTS) is 1. The third-order valence-electron chi connectivity index (χ3n) is 2.27. The minimum absolute atomic E-state index is 0.0776. The van der Waals surface area contributed by atoms with E-state index in [9.17, 15) is 9.59 Å². The Morgan fingerprint density at radius 2 is 1.84 bits per heavy atom. The van der Waals surface area contributed by atoms with Crippen LogP contribution in [0.2, 0.25) is 0 Å². The molecule has 6 heteroatoms. The van der Waals surface area contributed by atoms with Crippen LogP contribution in [0.4, 0.5) is 0 Å². The Morgan fingerprint density at radius 1 is 1.21 bits per heavy atom. The van der Waals surface area contributed by atoms with E-state index in [0.29, 0.717) is 0 Å². The van der Waals surface area contributed by atoms with Gasteiger partial charge in [0.05, 0.1) is 25.9 Å². The summed E-state index contributed by atoms with van der Waals surface area (Å²) in [5, 5.41) is 9.15. The second kappa shape index (κ2) is 6.08. The zero-order valence-electron chi connectivity index (χ0n) is 11.2. The van der Waals surface area contributed by atoms with Crippen LogP contribution in [0.25, 0.3) is 0 Å². The smallest absolute Gasteiger partial charge is 0.339 e. The molecule has 0 saturated heterocycles. The number of esters is 1. The van der Waals surface area contributed by atoms with Crippen molar-refractivity contribution in [1.29, 1.82) is 0 Å². The average Bonchev–Trinajstić information content (AvgIpc) is 2.35. The summed E-state index contributed by atoms with van der Waals surface area (Å²) in [6, 6.07) is 2.59. The van der Waals surface area contributed by atoms with Crippen LogP contribution in [0.3, 0.4) is 0 Å². The van der Waals surface area contributed by atoms with Gasteiger partial charge in [-0.2, -0.15) is 0 Å². The number of benzene rings is 1. The highest BCUT2D eigenvalue weighted by Gasteiger charge is 2.21. The van der Waals surface area contributed by atoms with E-state index >= 15 is 0 Å². The molecule has 0 aliphatic heterocycles. The Bertz CT molecular complexity index is 492. The van der Waals surface area contributed by atoms with E-state index in [-0.39, 0.29) is 28.7 Å². The lowest BCUT2D eigenvalue weighted by Crippen LogP contribution is -2.12. The van der Waals surface area contributed by atoms with Crippen LogP contribution in [0.15, 0.2) is 12.1 Å². The molecule has 0 fully saturated rings. The van der Waals surface area contributed by atoms with Gasteiger partial charge in [-0.25, -0.2) is 9.59 Å². The normalized spacial score (nSPS) is 10.2. The zero-order valence-corrected chi connectivity index (χ0v) is 11.2. The fraction of sp³-hybridized carbons (Fsp3) is 0.385. The van der Waals surface area contributed by atoms with Gasteiger partial charge in [-0.3, -0.25) is 0 Å². The molecule has 0 aliphatic carbocycles. The van der Waals surface area contributed by atoms with Crippen LogP contribution in [0.1, 0.15) is 34.6 Å². The Kier molecular flexibility index (Phi) is 4.74. The van der Waals surface area contributed by atoms with Crippen molar-refractivity contribution in [3.63, 3.8) is 0 Å². The Morgan fingerprint density at radius 3 is 2.26 bits per heavy atom. The molecule has 0 atom stereocenters. The summed E-state index contributed by atoms with van der Waals surface area (Å²) < 4.78 is 15.1. The summed E-state index contributed by atoms with van der Waals surface area (Å²) in [7, 11) is 2.56. The average molecular weight is 268 g/mol. The summed E-state index contributed by atoms with van der Waals surface area (Å²) >= 11 is 0. The molecule has 104 valence electrons. The van der Waals surface area contributed by atoms with E-state index in [2.05, 4.69) is 4.74 Å². The molecule has 1 N–H and O–H groups in total. The van der Waals surface area contributed by atoms with Crippen LogP contribution in [-0.2, 0) is 4.74 Å². The Balaban J connectivity index is 3.44. The molecule has 0 amide bonds. The van der Waals surface area contributed by atoms with Crippen LogP contribution in [0.5, 0.6) is 11.5 Å². The second-order valence-electron chi connectivity index (χ2n) is 4.02. The van der Waals surface area contributed by atoms with Gasteiger partial charge in [-0.1, -0.05) is 0 Å². The first-order chi connectivity index (χ1) is 8.90. The lowest BCUT2D eigenvalue weighted by molar-refractivity contribution is 0.0600. The van der Waals surface area contributed by atoms with Crippen molar-refractivity contribution in [2.45, 2.75) is 20.0 Å². The number of rotatable bonds is 5. The highest BCUT2D eigenvalue weighted by Crippen LogP contribution is 2.34. The summed E-state index contributed by atoms with van der Waals surface area (Å²) in [6.07, 6.45) is -0.191. The predicted octanol–water partition coefficient (Wildman–Crippen LogP) is 1.97. The largest absolute Gasteiger partial charge is 0.492 e. The zero-order chi connectivity index (χ0) is 14.6. The van der Waals surface area contributed by atoms with Crippen LogP contribution < -0.4 is 9.47 Å². The Labute approximate surface area is 110 Å². The van der Waals surface area contributed by atoms with Gasteiger partial charge in [-0.15, -0.1) is 0 Å². The van der Waals surface area contributed by atoms with E-state index < -0.39 is 11.9 Å². The number of methoxy groups -OCH3 is 2. The summed E-state index contributed by atoms with van der Waals surface area (Å²) in [4.78, 5) is 22.7. The van der Waals surface area contributed by atoms with Crippen molar-refractivity contribution in [3.05, 3.63) is 23.3 Å². The van der Waals surface area contributed by atoms with Crippen LogP contribution in [-0.4, -0.2) is 37.4 Å². The molecule has 0 spiro atoms. The monoisotopic (exact) mass is 268 g/mol. The maximum Gasteiger partial charge on any atom is 0.339 e. The van der Waals surface area contributed by atoms with Gasteiger partial charge in [0.15, 0.2) is 11.5 Å². The predicted molar refractivity (Wildman–Crippen MR) is 67.1 cm³/mol. The maximum atomic E-state index is 11.5. The number of hydrogen-bond donors (Lipinski definition) is 1. The fourth-order valence-electron chi connectivity index (χ4n) is 1.55. The third kappa shape index (κ3) is 3.37. The highest BCUT2D eigenvalue weighted by molar-refractivity contribution is 5.97. The molecule has 0 aliphatic rings. The molecule has 1 aromatic rings. The van der Waals surface area contributed by atoms with Crippen molar-refractivity contribution in [2.75, 3.05) is 14.2 Å². The van der Waals surface area contributed by atoms with Gasteiger partial charge in [0.25, 0.3) is 0 Å². The van der Waals surface area contributed by atoms with E-state index in [1.54, 1.807) is 13.8 Å². The fourth-order valence-corrected chi connectivity index (χ4v) is 1.55. The first-order valence-corrected chi connectivity index (χ1v) is 5.61. The van der Waals surface area contributed by atoms with E-state index in [0.717, 1.165) is 0 Å². The summed E-state index contributed by atoms with van der Waals surface area (Å²) in [5.74, 6) is -1.58. The van der Waals surface area contributed by atoms with Crippen molar-refractivity contribution in [3.8, 4) is 11.5 Å². The number of carboxylic acids is 1. The molecular formula is C13H16O6. The van der Waals surface area contributed by atoms with Crippen LogP contribution in [0, 0.1) is 0 Å². The maximum absolute atomic E-state index is 11.5. The van der Waals surface area contributed by atoms with Gasteiger partial charge in [0.1, 0.15) is 5.56 Å². The van der Waals surface area contributed by atoms with E-state index in [1.807, 2.05) is 0 Å². The molecule has 0 heterocycles.